The summed E-state index contributed by atoms with van der Waals surface area (Å²) >= 11 is 0. The molecule has 2 aromatic rings. The smallest absolute Gasteiger partial charge is 0.326 e. The molecule has 9 heteroatoms. The standard InChI is InChI=1S/C23H33FN6O2/c24-11-4-15-30(16-10-20(23(31)32)29-21-9-13-25-17-27-21)14-2-1-6-19-8-7-18-5-3-12-26-22(18)28-19/h7-9,13,17,20H,1-6,10-12,14-16H2,(H,26,28)(H,31,32)(H,25,27,29). The van der Waals surface area contributed by atoms with E-state index in [1.165, 1.54) is 11.9 Å². The van der Waals surface area contributed by atoms with Crippen LogP contribution in [0.2, 0.25) is 0 Å². The summed E-state index contributed by atoms with van der Waals surface area (Å²) in [7, 11) is 0. The van der Waals surface area contributed by atoms with Gasteiger partial charge in [-0.25, -0.2) is 19.7 Å². The van der Waals surface area contributed by atoms with E-state index in [2.05, 4.69) is 37.6 Å². The first-order chi connectivity index (χ1) is 15.7. The number of carboxylic acid groups (broad SMARTS) is 1. The van der Waals surface area contributed by atoms with E-state index >= 15 is 0 Å². The summed E-state index contributed by atoms with van der Waals surface area (Å²) in [5, 5.41) is 15.9. The Morgan fingerprint density at radius 2 is 2.09 bits per heavy atom. The lowest BCUT2D eigenvalue weighted by Crippen LogP contribution is -2.36. The van der Waals surface area contributed by atoms with E-state index in [-0.39, 0.29) is 6.67 Å². The third-order valence-electron chi connectivity index (χ3n) is 5.65. The lowest BCUT2D eigenvalue weighted by atomic mass is 10.1. The number of hydrogen-bond acceptors (Lipinski definition) is 7. The topological polar surface area (TPSA) is 103 Å². The quantitative estimate of drug-likeness (QED) is 0.382. The zero-order valence-electron chi connectivity index (χ0n) is 18.5. The number of carbonyl (C=O) groups is 1. The number of anilines is 2. The van der Waals surface area contributed by atoms with E-state index in [0.717, 1.165) is 56.7 Å². The van der Waals surface area contributed by atoms with Crippen LogP contribution in [0.25, 0.3) is 0 Å². The number of aromatic nitrogens is 3. The van der Waals surface area contributed by atoms with Crippen LogP contribution in [0.4, 0.5) is 16.0 Å². The minimum atomic E-state index is -0.929. The minimum absolute atomic E-state index is 0.371. The molecule has 3 rings (SSSR count). The molecule has 0 saturated heterocycles. The van der Waals surface area contributed by atoms with Gasteiger partial charge < -0.3 is 20.6 Å². The van der Waals surface area contributed by atoms with Gasteiger partial charge in [-0.15, -0.1) is 0 Å². The first-order valence-corrected chi connectivity index (χ1v) is 11.4. The van der Waals surface area contributed by atoms with Crippen molar-refractivity contribution >= 4 is 17.6 Å². The molecule has 0 saturated carbocycles. The van der Waals surface area contributed by atoms with Crippen molar-refractivity contribution in [2.24, 2.45) is 0 Å². The van der Waals surface area contributed by atoms with Crippen LogP contribution in [0.5, 0.6) is 0 Å². The van der Waals surface area contributed by atoms with Crippen LogP contribution in [0, 0.1) is 0 Å². The highest BCUT2D eigenvalue weighted by Gasteiger charge is 2.19. The highest BCUT2D eigenvalue weighted by molar-refractivity contribution is 5.76. The van der Waals surface area contributed by atoms with Gasteiger partial charge in [0.1, 0.15) is 24.0 Å². The molecule has 2 aromatic heterocycles. The number of hydrogen-bond donors (Lipinski definition) is 3. The van der Waals surface area contributed by atoms with Gasteiger partial charge in [-0.3, -0.25) is 4.39 Å². The Kier molecular flexibility index (Phi) is 9.61. The SMILES string of the molecule is O=C(O)C(CCN(CCCF)CCCCc1ccc2c(n1)NCCC2)Nc1ccncn1. The van der Waals surface area contributed by atoms with Crippen molar-refractivity contribution in [3.8, 4) is 0 Å². The molecule has 174 valence electrons. The third-order valence-corrected chi connectivity index (χ3v) is 5.65. The summed E-state index contributed by atoms with van der Waals surface area (Å²) in [6.45, 7) is 2.62. The Labute approximate surface area is 188 Å². The lowest BCUT2D eigenvalue weighted by molar-refractivity contribution is -0.138. The molecule has 0 spiro atoms. The molecule has 0 aromatic carbocycles. The van der Waals surface area contributed by atoms with Crippen molar-refractivity contribution in [2.75, 3.05) is 43.5 Å². The van der Waals surface area contributed by atoms with Gasteiger partial charge >= 0.3 is 5.97 Å². The summed E-state index contributed by atoms with van der Waals surface area (Å²) in [6.07, 6.45) is 8.88. The predicted molar refractivity (Wildman–Crippen MR) is 123 cm³/mol. The Hall–Kier alpha value is -2.81. The van der Waals surface area contributed by atoms with E-state index in [4.69, 9.17) is 4.98 Å². The van der Waals surface area contributed by atoms with Crippen LogP contribution in [0.3, 0.4) is 0 Å². The first-order valence-electron chi connectivity index (χ1n) is 11.4. The van der Waals surface area contributed by atoms with Gasteiger partial charge in [0.15, 0.2) is 0 Å². The zero-order chi connectivity index (χ0) is 22.6. The van der Waals surface area contributed by atoms with Gasteiger partial charge in [-0.05, 0) is 69.2 Å². The number of rotatable bonds is 14. The fourth-order valence-corrected chi connectivity index (χ4v) is 3.89. The Balaban J connectivity index is 1.45. The zero-order valence-corrected chi connectivity index (χ0v) is 18.5. The van der Waals surface area contributed by atoms with Crippen LogP contribution in [0.1, 0.15) is 43.4 Å². The van der Waals surface area contributed by atoms with Gasteiger partial charge in [0.05, 0.1) is 6.67 Å². The molecular weight excluding hydrogens is 411 g/mol. The fourth-order valence-electron chi connectivity index (χ4n) is 3.89. The van der Waals surface area contributed by atoms with Crippen molar-refractivity contribution in [1.29, 1.82) is 0 Å². The van der Waals surface area contributed by atoms with Crippen LogP contribution in [-0.4, -0.2) is 69.8 Å². The molecule has 0 fully saturated rings. The fraction of sp³-hybridized carbons (Fsp3) is 0.565. The maximum atomic E-state index is 12.8. The molecule has 0 aliphatic carbocycles. The summed E-state index contributed by atoms with van der Waals surface area (Å²) in [6, 6.07) is 5.17. The Morgan fingerprint density at radius 1 is 1.22 bits per heavy atom. The van der Waals surface area contributed by atoms with Gasteiger partial charge in [0, 0.05) is 31.5 Å². The van der Waals surface area contributed by atoms with Gasteiger partial charge in [0.25, 0.3) is 0 Å². The van der Waals surface area contributed by atoms with Crippen molar-refractivity contribution in [3.05, 3.63) is 42.0 Å². The van der Waals surface area contributed by atoms with E-state index in [9.17, 15) is 14.3 Å². The second-order valence-electron chi connectivity index (χ2n) is 8.10. The van der Waals surface area contributed by atoms with Crippen molar-refractivity contribution < 1.29 is 14.3 Å². The van der Waals surface area contributed by atoms with Crippen LogP contribution in [-0.2, 0) is 17.6 Å². The van der Waals surface area contributed by atoms with E-state index in [0.29, 0.717) is 31.7 Å². The summed E-state index contributed by atoms with van der Waals surface area (Å²) in [5.41, 5.74) is 2.38. The molecule has 32 heavy (non-hydrogen) atoms. The van der Waals surface area contributed by atoms with Crippen LogP contribution >= 0.6 is 0 Å². The molecule has 1 unspecified atom stereocenters. The van der Waals surface area contributed by atoms with Crippen molar-refractivity contribution in [3.63, 3.8) is 0 Å². The predicted octanol–water partition coefficient (Wildman–Crippen LogP) is 3.17. The molecule has 3 heterocycles. The highest BCUT2D eigenvalue weighted by atomic mass is 19.1. The molecule has 0 amide bonds. The first kappa shape index (κ1) is 23.8. The van der Waals surface area contributed by atoms with E-state index in [1.54, 1.807) is 12.3 Å². The second-order valence-corrected chi connectivity index (χ2v) is 8.10. The number of nitrogens with zero attached hydrogens (tertiary/aromatic N) is 4. The van der Waals surface area contributed by atoms with Crippen LogP contribution in [0.15, 0.2) is 30.7 Å². The van der Waals surface area contributed by atoms with E-state index < -0.39 is 12.0 Å². The normalized spacial score (nSPS) is 13.9. The van der Waals surface area contributed by atoms with Gasteiger partial charge in [-0.1, -0.05) is 6.07 Å². The van der Waals surface area contributed by atoms with Crippen molar-refractivity contribution in [2.45, 2.75) is 51.0 Å². The largest absolute Gasteiger partial charge is 0.480 e. The second kappa shape index (κ2) is 12.9. The molecule has 1 atom stereocenters. The van der Waals surface area contributed by atoms with E-state index in [1.807, 2.05) is 0 Å². The summed E-state index contributed by atoms with van der Waals surface area (Å²) in [4.78, 5) is 26.4. The minimum Gasteiger partial charge on any atom is -0.480 e. The molecule has 3 N–H and O–H groups in total. The third kappa shape index (κ3) is 7.71. The molecule has 1 aliphatic heterocycles. The summed E-state index contributed by atoms with van der Waals surface area (Å²) in [5.74, 6) is 0.574. The Bertz CT molecular complexity index is 838. The molecular formula is C23H33FN6O2. The lowest BCUT2D eigenvalue weighted by Gasteiger charge is -2.24. The maximum absolute atomic E-state index is 12.8. The van der Waals surface area contributed by atoms with Gasteiger partial charge in [-0.2, -0.15) is 0 Å². The molecule has 0 bridgehead atoms. The number of unbranched alkanes of at least 4 members (excludes halogenated alkanes) is 1. The van der Waals surface area contributed by atoms with Gasteiger partial charge in [0.2, 0.25) is 0 Å². The number of aliphatic carboxylic acids is 1. The van der Waals surface area contributed by atoms with Crippen LogP contribution < -0.4 is 10.6 Å². The number of aryl methyl sites for hydroxylation is 2. The molecule has 0 radical (unpaired) electrons. The highest BCUT2D eigenvalue weighted by Crippen LogP contribution is 2.20. The number of pyridine rings is 1. The number of alkyl halides is 1. The molecule has 1 aliphatic rings. The number of fused-ring (bicyclic) bond motifs is 1. The number of halogens is 1. The number of nitrogens with one attached hydrogen (secondary N) is 2. The Morgan fingerprint density at radius 3 is 2.88 bits per heavy atom. The monoisotopic (exact) mass is 444 g/mol. The summed E-state index contributed by atoms with van der Waals surface area (Å²) < 4.78 is 12.8. The maximum Gasteiger partial charge on any atom is 0.326 e. The number of carboxylic acids is 1. The average molecular weight is 445 g/mol. The van der Waals surface area contributed by atoms with Crippen molar-refractivity contribution in [1.82, 2.24) is 19.9 Å². The molecule has 8 nitrogen and oxygen atoms in total. The average Bonchev–Trinajstić information content (AvgIpc) is 2.82.